The van der Waals surface area contributed by atoms with E-state index in [-0.39, 0.29) is 30.1 Å². The molecule has 0 bridgehead atoms. The average molecular weight is 572 g/mol. The Balaban J connectivity index is 1.33. The molecule has 4 rings (SSSR count). The predicted molar refractivity (Wildman–Crippen MR) is 163 cm³/mol. The third kappa shape index (κ3) is 8.12. The van der Waals surface area contributed by atoms with Crippen LogP contribution >= 0.6 is 0 Å². The minimum Gasteiger partial charge on any atom is -0.508 e. The first-order chi connectivity index (χ1) is 20.1. The van der Waals surface area contributed by atoms with E-state index in [0.29, 0.717) is 38.8 Å². The molecule has 0 spiro atoms. The van der Waals surface area contributed by atoms with Crippen molar-refractivity contribution < 1.29 is 24.2 Å². The van der Waals surface area contributed by atoms with Crippen molar-refractivity contribution in [2.75, 3.05) is 19.7 Å². The molecule has 42 heavy (non-hydrogen) atoms. The summed E-state index contributed by atoms with van der Waals surface area (Å²) in [4.78, 5) is 38.2. The van der Waals surface area contributed by atoms with Gasteiger partial charge in [0.05, 0.1) is 0 Å². The lowest BCUT2D eigenvalue weighted by Crippen LogP contribution is -2.47. The summed E-state index contributed by atoms with van der Waals surface area (Å²) in [5.41, 5.74) is 5.03. The van der Waals surface area contributed by atoms with Crippen LogP contribution in [-0.2, 0) is 20.7 Å². The summed E-state index contributed by atoms with van der Waals surface area (Å²) >= 11 is 0. The van der Waals surface area contributed by atoms with Crippen molar-refractivity contribution in [3.8, 4) is 16.9 Å². The highest BCUT2D eigenvalue weighted by atomic mass is 16.5. The molecule has 8 heteroatoms. The van der Waals surface area contributed by atoms with E-state index >= 15 is 0 Å². The van der Waals surface area contributed by atoms with Crippen LogP contribution in [0.25, 0.3) is 11.1 Å². The molecule has 1 unspecified atom stereocenters. The summed E-state index contributed by atoms with van der Waals surface area (Å²) in [6, 6.07) is 22.3. The fourth-order valence-corrected chi connectivity index (χ4v) is 5.11. The summed E-state index contributed by atoms with van der Waals surface area (Å²) in [5, 5.41) is 18.1. The van der Waals surface area contributed by atoms with Crippen LogP contribution in [0, 0.1) is 5.41 Å². The zero-order chi connectivity index (χ0) is 30.1. The first kappa shape index (κ1) is 30.6. The molecule has 0 heterocycles. The number of nitrogens with one attached hydrogen (secondary N) is 3. The van der Waals surface area contributed by atoms with Gasteiger partial charge in [-0.1, -0.05) is 81.4 Å². The van der Waals surface area contributed by atoms with Crippen molar-refractivity contribution in [3.05, 3.63) is 89.5 Å². The van der Waals surface area contributed by atoms with Gasteiger partial charge in [-0.25, -0.2) is 4.79 Å². The molecule has 4 N–H and O–H groups in total. The number of carbonyl (C=O) groups excluding carboxylic acids is 3. The van der Waals surface area contributed by atoms with Gasteiger partial charge in [0.15, 0.2) is 0 Å². The number of amides is 3. The molecule has 3 aromatic rings. The van der Waals surface area contributed by atoms with Crippen molar-refractivity contribution in [2.24, 2.45) is 5.41 Å². The number of ether oxygens (including phenoxy) is 1. The Morgan fingerprint density at radius 1 is 0.833 bits per heavy atom. The van der Waals surface area contributed by atoms with Crippen LogP contribution in [0.4, 0.5) is 4.79 Å². The summed E-state index contributed by atoms with van der Waals surface area (Å²) in [6.07, 6.45) is 1.65. The molecular weight excluding hydrogens is 530 g/mol. The Bertz CT molecular complexity index is 1330. The molecule has 8 nitrogen and oxygen atoms in total. The lowest BCUT2D eigenvalue weighted by molar-refractivity contribution is -0.128. The predicted octanol–water partition coefficient (Wildman–Crippen LogP) is 5.29. The normalized spacial score (nSPS) is 13.0. The van der Waals surface area contributed by atoms with E-state index in [4.69, 9.17) is 4.74 Å². The molecule has 1 aliphatic carbocycles. The van der Waals surface area contributed by atoms with E-state index in [1.165, 1.54) is 0 Å². The highest BCUT2D eigenvalue weighted by Gasteiger charge is 2.30. The van der Waals surface area contributed by atoms with Crippen LogP contribution in [0.1, 0.15) is 62.6 Å². The molecule has 3 amide bonds. The van der Waals surface area contributed by atoms with E-state index in [1.54, 1.807) is 24.3 Å². The first-order valence-electron chi connectivity index (χ1n) is 14.6. The number of hydrogen-bond acceptors (Lipinski definition) is 5. The standard InChI is InChI=1S/C34H41N3O5/c1-34(2,3)32(40)36-20-9-8-14-30(31(39)35-21-19-23-15-17-24(38)18-16-23)37-33(41)42-22-29-27-12-6-4-10-25(27)26-11-5-7-13-28(26)29/h4-7,10-13,15-18,29-30,38H,8-9,14,19-22H2,1-3H3,(H,35,39)(H,36,40)(H,37,41). The molecule has 0 radical (unpaired) electrons. The van der Waals surface area contributed by atoms with Gasteiger partial charge < -0.3 is 25.8 Å². The van der Waals surface area contributed by atoms with E-state index in [0.717, 1.165) is 27.8 Å². The minimum absolute atomic E-state index is 0.0252. The second-order valence-electron chi connectivity index (χ2n) is 11.7. The van der Waals surface area contributed by atoms with Crippen molar-refractivity contribution in [2.45, 2.75) is 58.4 Å². The van der Waals surface area contributed by atoms with Crippen molar-refractivity contribution in [3.63, 3.8) is 0 Å². The summed E-state index contributed by atoms with van der Waals surface area (Å²) in [7, 11) is 0. The fourth-order valence-electron chi connectivity index (χ4n) is 5.11. The van der Waals surface area contributed by atoms with Gasteiger partial charge >= 0.3 is 6.09 Å². The molecule has 3 aromatic carbocycles. The maximum Gasteiger partial charge on any atom is 0.407 e. The number of alkyl carbamates (subject to hydrolysis) is 1. The van der Waals surface area contributed by atoms with Crippen molar-refractivity contribution >= 4 is 17.9 Å². The number of fused-ring (bicyclic) bond motifs is 3. The molecule has 0 fully saturated rings. The Labute approximate surface area is 247 Å². The number of rotatable bonds is 12. The van der Waals surface area contributed by atoms with Crippen LogP contribution in [0.5, 0.6) is 5.75 Å². The number of aromatic hydroxyl groups is 1. The maximum absolute atomic E-state index is 13.1. The number of hydrogen-bond donors (Lipinski definition) is 4. The Kier molecular flexibility index (Phi) is 10.2. The highest BCUT2D eigenvalue weighted by Crippen LogP contribution is 2.44. The quantitative estimate of drug-likeness (QED) is 0.221. The Hall–Kier alpha value is -4.33. The summed E-state index contributed by atoms with van der Waals surface area (Å²) in [6.45, 7) is 6.62. The number of phenols is 1. The smallest absolute Gasteiger partial charge is 0.407 e. The largest absolute Gasteiger partial charge is 0.508 e. The number of unbranched alkanes of at least 4 members (excludes halogenated alkanes) is 1. The molecule has 0 aliphatic heterocycles. The van der Waals surface area contributed by atoms with E-state index < -0.39 is 17.6 Å². The molecule has 222 valence electrons. The number of phenolic OH excluding ortho intramolecular Hbond substituents is 1. The van der Waals surface area contributed by atoms with Gasteiger partial charge in [-0.05, 0) is 65.6 Å². The summed E-state index contributed by atoms with van der Waals surface area (Å²) < 4.78 is 5.69. The lowest BCUT2D eigenvalue weighted by atomic mass is 9.95. The van der Waals surface area contributed by atoms with Gasteiger partial charge in [0.2, 0.25) is 11.8 Å². The SMILES string of the molecule is CC(C)(C)C(=O)NCCCCC(NC(=O)OCC1c2ccccc2-c2ccccc21)C(=O)NCCc1ccc(O)cc1. The van der Waals surface area contributed by atoms with Crippen LogP contribution in [0.15, 0.2) is 72.8 Å². The van der Waals surface area contributed by atoms with Gasteiger partial charge in [0, 0.05) is 24.4 Å². The number of benzene rings is 3. The lowest BCUT2D eigenvalue weighted by Gasteiger charge is -2.20. The molecule has 1 atom stereocenters. The minimum atomic E-state index is -0.779. The third-order valence-corrected chi connectivity index (χ3v) is 7.49. The Morgan fingerprint density at radius 2 is 1.45 bits per heavy atom. The highest BCUT2D eigenvalue weighted by molar-refractivity contribution is 5.85. The fraction of sp³-hybridized carbons (Fsp3) is 0.382. The van der Waals surface area contributed by atoms with Gasteiger partial charge in [0.25, 0.3) is 0 Å². The van der Waals surface area contributed by atoms with E-state index in [1.807, 2.05) is 45.0 Å². The van der Waals surface area contributed by atoms with Crippen LogP contribution < -0.4 is 16.0 Å². The number of carbonyl (C=O) groups is 3. The van der Waals surface area contributed by atoms with E-state index in [9.17, 15) is 19.5 Å². The molecule has 1 aliphatic rings. The third-order valence-electron chi connectivity index (χ3n) is 7.49. The Morgan fingerprint density at radius 3 is 2.07 bits per heavy atom. The van der Waals surface area contributed by atoms with Crippen LogP contribution in [0.2, 0.25) is 0 Å². The second kappa shape index (κ2) is 14.0. The van der Waals surface area contributed by atoms with Gasteiger partial charge in [-0.3, -0.25) is 9.59 Å². The zero-order valence-corrected chi connectivity index (χ0v) is 24.6. The molecular formula is C34H41N3O5. The van der Waals surface area contributed by atoms with Crippen molar-refractivity contribution in [1.29, 1.82) is 0 Å². The monoisotopic (exact) mass is 571 g/mol. The topological polar surface area (TPSA) is 117 Å². The van der Waals surface area contributed by atoms with Crippen LogP contribution in [0.3, 0.4) is 0 Å². The summed E-state index contributed by atoms with van der Waals surface area (Å²) in [5.74, 6) is -0.204. The van der Waals surface area contributed by atoms with Crippen molar-refractivity contribution in [1.82, 2.24) is 16.0 Å². The van der Waals surface area contributed by atoms with Crippen LogP contribution in [-0.4, -0.2) is 48.8 Å². The molecule has 0 saturated heterocycles. The van der Waals surface area contributed by atoms with E-state index in [2.05, 4.69) is 40.2 Å². The van der Waals surface area contributed by atoms with Gasteiger partial charge in [0.1, 0.15) is 18.4 Å². The molecule has 0 saturated carbocycles. The second-order valence-corrected chi connectivity index (χ2v) is 11.7. The maximum atomic E-state index is 13.1. The zero-order valence-electron chi connectivity index (χ0n) is 24.6. The first-order valence-corrected chi connectivity index (χ1v) is 14.6. The molecule has 0 aromatic heterocycles. The average Bonchev–Trinajstić information content (AvgIpc) is 3.29. The van der Waals surface area contributed by atoms with Gasteiger partial charge in [-0.2, -0.15) is 0 Å². The van der Waals surface area contributed by atoms with Gasteiger partial charge in [-0.15, -0.1) is 0 Å².